The first-order valence-corrected chi connectivity index (χ1v) is 11.6. The van der Waals surface area contributed by atoms with Crippen molar-refractivity contribution in [2.75, 3.05) is 18.5 Å². The number of rotatable bonds is 6. The van der Waals surface area contributed by atoms with E-state index in [2.05, 4.69) is 22.5 Å². The summed E-state index contributed by atoms with van der Waals surface area (Å²) in [5.74, 6) is -1.39. The number of carboxylic acids is 1. The molecule has 9 nitrogen and oxygen atoms in total. The average molecular weight is 475 g/mol. The highest BCUT2D eigenvalue weighted by Gasteiger charge is 2.34. The third-order valence-electron chi connectivity index (χ3n) is 6.77. The van der Waals surface area contributed by atoms with E-state index in [-0.39, 0.29) is 42.3 Å². The molecule has 1 aliphatic heterocycles. The first kappa shape index (κ1) is 22.6. The van der Waals surface area contributed by atoms with Crippen molar-refractivity contribution in [3.8, 4) is 11.1 Å². The van der Waals surface area contributed by atoms with Crippen LogP contribution in [-0.2, 0) is 16.6 Å². The second kappa shape index (κ2) is 9.25. The standard InChI is InChI=1S/C26H26N4O5/c1-29-24(25(33)30-12-6-7-16(30)13-23(31)32)22(14-27-29)28-26(34)35-15-21-19-10-4-2-8-17(19)18-9-3-5-11-20(18)21/h2-5,8-11,14,16,21H,6-7,12-13,15H2,1H3,(H,28,34)(H,31,32). The third kappa shape index (κ3) is 4.25. The van der Waals surface area contributed by atoms with Gasteiger partial charge < -0.3 is 14.7 Å². The normalized spacial score (nSPS) is 16.6. The number of aryl methyl sites for hydroxylation is 1. The van der Waals surface area contributed by atoms with Crippen LogP contribution in [-0.4, -0.2) is 57.0 Å². The van der Waals surface area contributed by atoms with Gasteiger partial charge in [-0.1, -0.05) is 48.5 Å². The van der Waals surface area contributed by atoms with Gasteiger partial charge in [-0.15, -0.1) is 0 Å². The van der Waals surface area contributed by atoms with Crippen molar-refractivity contribution >= 4 is 23.7 Å². The zero-order valence-corrected chi connectivity index (χ0v) is 19.3. The number of benzene rings is 2. The third-order valence-corrected chi connectivity index (χ3v) is 6.77. The molecule has 180 valence electrons. The molecule has 1 fully saturated rings. The molecular formula is C26H26N4O5. The smallest absolute Gasteiger partial charge is 0.411 e. The molecule has 1 aliphatic carbocycles. The number of nitrogens with zero attached hydrogens (tertiary/aromatic N) is 3. The predicted octanol–water partition coefficient (Wildman–Crippen LogP) is 3.86. The molecule has 2 N–H and O–H groups in total. The summed E-state index contributed by atoms with van der Waals surface area (Å²) in [6.07, 6.45) is 1.97. The maximum atomic E-state index is 13.2. The van der Waals surface area contributed by atoms with Crippen LogP contribution in [0.15, 0.2) is 54.7 Å². The van der Waals surface area contributed by atoms with Gasteiger partial charge in [0.1, 0.15) is 12.3 Å². The van der Waals surface area contributed by atoms with Gasteiger partial charge in [-0.05, 0) is 35.1 Å². The molecule has 0 bridgehead atoms. The second-order valence-corrected chi connectivity index (χ2v) is 8.87. The lowest BCUT2D eigenvalue weighted by atomic mass is 9.98. The number of amides is 2. The monoisotopic (exact) mass is 474 g/mol. The fourth-order valence-electron chi connectivity index (χ4n) is 5.18. The molecule has 9 heteroatoms. The van der Waals surface area contributed by atoms with Gasteiger partial charge >= 0.3 is 12.1 Å². The van der Waals surface area contributed by atoms with Gasteiger partial charge in [0.2, 0.25) is 0 Å². The van der Waals surface area contributed by atoms with Crippen LogP contribution < -0.4 is 5.32 Å². The highest BCUT2D eigenvalue weighted by molar-refractivity contribution is 6.01. The number of nitrogens with one attached hydrogen (secondary N) is 1. The van der Waals surface area contributed by atoms with Crippen molar-refractivity contribution in [3.05, 3.63) is 71.5 Å². The molecule has 2 aromatic carbocycles. The summed E-state index contributed by atoms with van der Waals surface area (Å²) >= 11 is 0. The zero-order valence-electron chi connectivity index (χ0n) is 19.3. The van der Waals surface area contributed by atoms with E-state index in [1.54, 1.807) is 11.9 Å². The van der Waals surface area contributed by atoms with E-state index >= 15 is 0 Å². The van der Waals surface area contributed by atoms with E-state index < -0.39 is 12.1 Å². The van der Waals surface area contributed by atoms with E-state index in [1.807, 2.05) is 36.4 Å². The number of ether oxygens (including phenoxy) is 1. The molecule has 0 radical (unpaired) electrons. The molecule has 2 aliphatic rings. The van der Waals surface area contributed by atoms with E-state index in [0.29, 0.717) is 13.0 Å². The molecule has 1 saturated heterocycles. The van der Waals surface area contributed by atoms with Crippen molar-refractivity contribution < 1.29 is 24.2 Å². The highest BCUT2D eigenvalue weighted by atomic mass is 16.5. The molecular weight excluding hydrogens is 448 g/mol. The molecule has 35 heavy (non-hydrogen) atoms. The van der Waals surface area contributed by atoms with Crippen LogP contribution in [0.5, 0.6) is 0 Å². The number of aliphatic carboxylic acids is 1. The summed E-state index contributed by atoms with van der Waals surface area (Å²) in [6.45, 7) is 0.614. The number of hydrogen-bond acceptors (Lipinski definition) is 5. The molecule has 1 unspecified atom stereocenters. The van der Waals surface area contributed by atoms with Gasteiger partial charge in [0.05, 0.1) is 18.3 Å². The Morgan fingerprint density at radius 3 is 2.40 bits per heavy atom. The minimum Gasteiger partial charge on any atom is -0.481 e. The Kier molecular flexibility index (Phi) is 5.98. The summed E-state index contributed by atoms with van der Waals surface area (Å²) in [4.78, 5) is 38.7. The molecule has 3 aromatic rings. The number of hydrogen-bond donors (Lipinski definition) is 2. The molecule has 1 aromatic heterocycles. The number of aromatic nitrogens is 2. The lowest BCUT2D eigenvalue weighted by Crippen LogP contribution is -2.38. The van der Waals surface area contributed by atoms with Crippen LogP contribution in [0.3, 0.4) is 0 Å². The molecule has 5 rings (SSSR count). The SMILES string of the molecule is Cn1ncc(NC(=O)OCC2c3ccccc3-c3ccccc32)c1C(=O)N1CCCC1CC(=O)O. The Hall–Kier alpha value is -4.14. The minimum absolute atomic E-state index is 0.0791. The quantitative estimate of drug-likeness (QED) is 0.561. The van der Waals surface area contributed by atoms with Crippen LogP contribution >= 0.6 is 0 Å². The molecule has 2 amide bonds. The minimum atomic E-state index is -0.948. The lowest BCUT2D eigenvalue weighted by molar-refractivity contribution is -0.137. The van der Waals surface area contributed by atoms with Crippen LogP contribution in [0.1, 0.15) is 46.8 Å². The Morgan fingerprint density at radius 1 is 1.09 bits per heavy atom. The first-order valence-electron chi connectivity index (χ1n) is 11.6. The van der Waals surface area contributed by atoms with Crippen LogP contribution in [0.25, 0.3) is 11.1 Å². The van der Waals surface area contributed by atoms with Crippen molar-refractivity contribution in [2.24, 2.45) is 7.05 Å². The highest BCUT2D eigenvalue weighted by Crippen LogP contribution is 2.44. The molecule has 1 atom stereocenters. The zero-order chi connectivity index (χ0) is 24.5. The number of anilines is 1. The van der Waals surface area contributed by atoms with Gasteiger partial charge in [0.25, 0.3) is 5.91 Å². The van der Waals surface area contributed by atoms with Crippen molar-refractivity contribution in [1.82, 2.24) is 14.7 Å². The molecule has 0 saturated carbocycles. The lowest BCUT2D eigenvalue weighted by Gasteiger charge is -2.24. The van der Waals surface area contributed by atoms with Crippen LogP contribution in [0.4, 0.5) is 10.5 Å². The average Bonchev–Trinajstić information content (AvgIpc) is 3.53. The number of carboxylic acid groups (broad SMARTS) is 1. The Balaban J connectivity index is 1.29. The summed E-state index contributed by atoms with van der Waals surface area (Å²) in [7, 11) is 1.61. The van der Waals surface area contributed by atoms with Crippen molar-refractivity contribution in [1.29, 1.82) is 0 Å². The van der Waals surface area contributed by atoms with Gasteiger partial charge in [0.15, 0.2) is 0 Å². The number of carbonyl (C=O) groups is 3. The Bertz CT molecular complexity index is 1250. The van der Waals surface area contributed by atoms with Crippen LogP contribution in [0.2, 0.25) is 0 Å². The maximum Gasteiger partial charge on any atom is 0.411 e. The van der Waals surface area contributed by atoms with E-state index in [4.69, 9.17) is 4.74 Å². The number of fused-ring (bicyclic) bond motifs is 3. The second-order valence-electron chi connectivity index (χ2n) is 8.87. The van der Waals surface area contributed by atoms with Gasteiger partial charge in [-0.3, -0.25) is 19.6 Å². The van der Waals surface area contributed by atoms with E-state index in [9.17, 15) is 19.5 Å². The molecule has 0 spiro atoms. The topological polar surface area (TPSA) is 114 Å². The van der Waals surface area contributed by atoms with Crippen molar-refractivity contribution in [3.63, 3.8) is 0 Å². The number of likely N-dealkylation sites (tertiary alicyclic amines) is 1. The van der Waals surface area contributed by atoms with Gasteiger partial charge in [-0.2, -0.15) is 5.10 Å². The van der Waals surface area contributed by atoms with E-state index in [0.717, 1.165) is 28.7 Å². The van der Waals surface area contributed by atoms with E-state index in [1.165, 1.54) is 10.9 Å². The van der Waals surface area contributed by atoms with Crippen molar-refractivity contribution in [2.45, 2.75) is 31.2 Å². The predicted molar refractivity (Wildman–Crippen MR) is 128 cm³/mol. The largest absolute Gasteiger partial charge is 0.481 e. The summed E-state index contributed by atoms with van der Waals surface area (Å²) in [6, 6.07) is 15.8. The summed E-state index contributed by atoms with van der Waals surface area (Å²) in [5, 5.41) is 16.0. The maximum absolute atomic E-state index is 13.2. The number of carbonyl (C=O) groups excluding carboxylic acids is 2. The van der Waals surface area contributed by atoms with Gasteiger partial charge in [0, 0.05) is 25.6 Å². The van der Waals surface area contributed by atoms with Gasteiger partial charge in [-0.25, -0.2) is 4.79 Å². The fourth-order valence-corrected chi connectivity index (χ4v) is 5.18. The fraction of sp³-hybridized carbons (Fsp3) is 0.308. The summed E-state index contributed by atoms with van der Waals surface area (Å²) < 4.78 is 6.98. The van der Waals surface area contributed by atoms with Crippen LogP contribution in [0, 0.1) is 0 Å². The first-order chi connectivity index (χ1) is 16.9. The Labute approximate surface area is 202 Å². The summed E-state index contributed by atoms with van der Waals surface area (Å²) in [5.41, 5.74) is 4.92. The Morgan fingerprint density at radius 2 is 1.74 bits per heavy atom. The molecule has 2 heterocycles.